The molecular weight excluding hydrogens is 176 g/mol. The zero-order valence-electron chi connectivity index (χ0n) is 7.11. The van der Waals surface area contributed by atoms with Crippen molar-refractivity contribution in [1.82, 2.24) is 0 Å². The van der Waals surface area contributed by atoms with Gasteiger partial charge in [0.1, 0.15) is 0 Å². The van der Waals surface area contributed by atoms with E-state index in [1.54, 1.807) is 0 Å². The van der Waals surface area contributed by atoms with Gasteiger partial charge in [0.05, 0.1) is 13.7 Å². The Hall–Kier alpha value is -1.20. The summed E-state index contributed by atoms with van der Waals surface area (Å²) in [6, 6.07) is 0. The molecule has 1 unspecified atom stereocenters. The molecule has 5 nitrogen and oxygen atoms in total. The van der Waals surface area contributed by atoms with Crippen LogP contribution in [-0.4, -0.2) is 41.3 Å². The van der Waals surface area contributed by atoms with E-state index in [4.69, 9.17) is 5.11 Å². The fraction of sp³-hybridized carbons (Fsp3) is 0.500. The van der Waals surface area contributed by atoms with Gasteiger partial charge in [-0.25, -0.2) is 4.79 Å². The van der Waals surface area contributed by atoms with Gasteiger partial charge in [0, 0.05) is 6.42 Å². The Balaban J connectivity index is 2.87. The molecule has 2 N–H and O–H groups in total. The highest BCUT2D eigenvalue weighted by Crippen LogP contribution is 2.26. The highest BCUT2D eigenvalue weighted by Gasteiger charge is 2.48. The number of carbonyl (C=O) groups is 2. The third-order valence-corrected chi connectivity index (χ3v) is 1.95. The number of esters is 1. The highest BCUT2D eigenvalue weighted by atomic mass is 16.5. The lowest BCUT2D eigenvalue weighted by atomic mass is 9.99. The van der Waals surface area contributed by atoms with Crippen LogP contribution in [0.25, 0.3) is 0 Å². The molecule has 13 heavy (non-hydrogen) atoms. The zero-order chi connectivity index (χ0) is 10.1. The number of carbonyl (C=O) groups excluding carboxylic acids is 2. The van der Waals surface area contributed by atoms with Gasteiger partial charge in [-0.3, -0.25) is 4.79 Å². The van der Waals surface area contributed by atoms with Crippen LogP contribution in [0.1, 0.15) is 6.42 Å². The number of ether oxygens (including phenoxy) is 1. The molecule has 0 bridgehead atoms. The molecule has 0 aromatic carbocycles. The first-order valence-electron chi connectivity index (χ1n) is 3.70. The van der Waals surface area contributed by atoms with Crippen molar-refractivity contribution in [2.24, 2.45) is 0 Å². The Kier molecular flexibility index (Phi) is 2.49. The second-order valence-corrected chi connectivity index (χ2v) is 2.85. The van der Waals surface area contributed by atoms with Gasteiger partial charge in [-0.05, 0) is 11.6 Å². The van der Waals surface area contributed by atoms with Gasteiger partial charge < -0.3 is 14.9 Å². The maximum Gasteiger partial charge on any atom is 0.346 e. The Morgan fingerprint density at radius 1 is 1.77 bits per heavy atom. The average molecular weight is 186 g/mol. The van der Waals surface area contributed by atoms with Gasteiger partial charge in [-0.15, -0.1) is 0 Å². The first kappa shape index (κ1) is 9.88. The van der Waals surface area contributed by atoms with Crippen LogP contribution in [0.2, 0.25) is 0 Å². The van der Waals surface area contributed by atoms with E-state index in [-0.39, 0.29) is 13.0 Å². The number of aliphatic hydroxyl groups is 2. The van der Waals surface area contributed by atoms with Crippen molar-refractivity contribution in [3.05, 3.63) is 11.6 Å². The molecular formula is C8H10O5. The molecule has 5 heteroatoms. The smallest absolute Gasteiger partial charge is 0.346 e. The van der Waals surface area contributed by atoms with Gasteiger partial charge in [0.25, 0.3) is 0 Å². The number of methoxy groups -OCH3 is 1. The first-order chi connectivity index (χ1) is 6.04. The topological polar surface area (TPSA) is 83.8 Å². The van der Waals surface area contributed by atoms with E-state index in [0.717, 1.165) is 13.2 Å². The quantitative estimate of drug-likeness (QED) is 0.417. The molecule has 0 aliphatic heterocycles. The minimum atomic E-state index is -2.12. The van der Waals surface area contributed by atoms with Crippen molar-refractivity contribution in [2.75, 3.05) is 13.7 Å². The van der Waals surface area contributed by atoms with Gasteiger partial charge in [-0.2, -0.15) is 0 Å². The van der Waals surface area contributed by atoms with Crippen LogP contribution in [0.3, 0.4) is 0 Å². The lowest BCUT2D eigenvalue weighted by Gasteiger charge is -2.17. The third kappa shape index (κ3) is 1.48. The van der Waals surface area contributed by atoms with Gasteiger partial charge >= 0.3 is 5.97 Å². The van der Waals surface area contributed by atoms with E-state index < -0.39 is 17.4 Å². The molecule has 1 aliphatic rings. The Morgan fingerprint density at radius 2 is 2.38 bits per heavy atom. The molecule has 1 atom stereocenters. The summed E-state index contributed by atoms with van der Waals surface area (Å²) in [5.41, 5.74) is -1.79. The van der Waals surface area contributed by atoms with Crippen LogP contribution >= 0.6 is 0 Å². The van der Waals surface area contributed by atoms with Crippen LogP contribution in [0.15, 0.2) is 11.6 Å². The Bertz CT molecular complexity index is 280. The lowest BCUT2D eigenvalue weighted by molar-refractivity contribution is -0.165. The molecule has 0 heterocycles. The molecule has 1 rings (SSSR count). The maximum atomic E-state index is 11.1. The average Bonchev–Trinajstić information content (AvgIpc) is 2.42. The minimum absolute atomic E-state index is 0.186. The fourth-order valence-corrected chi connectivity index (χ4v) is 1.21. The van der Waals surface area contributed by atoms with Crippen LogP contribution < -0.4 is 0 Å². The monoisotopic (exact) mass is 186 g/mol. The number of hydrogen-bond acceptors (Lipinski definition) is 5. The molecule has 0 saturated heterocycles. The molecule has 0 fully saturated rings. The fourth-order valence-electron chi connectivity index (χ4n) is 1.21. The second-order valence-electron chi connectivity index (χ2n) is 2.85. The van der Waals surface area contributed by atoms with Crippen LogP contribution in [0, 0.1) is 0 Å². The summed E-state index contributed by atoms with van der Waals surface area (Å²) < 4.78 is 4.28. The second kappa shape index (κ2) is 3.27. The zero-order valence-corrected chi connectivity index (χ0v) is 7.11. The molecule has 72 valence electrons. The molecule has 0 spiro atoms. The number of rotatable bonds is 2. The van der Waals surface area contributed by atoms with Crippen LogP contribution in [0.5, 0.6) is 0 Å². The molecule has 0 aromatic heterocycles. The number of ketones is 1. The summed E-state index contributed by atoms with van der Waals surface area (Å²) in [6.45, 7) is -0.342. The standard InChI is InChI=1S/C8H10O5/c1-13-7(11)8(12)3-5(4-9)2-6(8)10/h2,9,12H,3-4H2,1H3. The SMILES string of the molecule is COC(=O)C1(O)CC(CO)=CC1=O. The van der Waals surface area contributed by atoms with Crippen LogP contribution in [-0.2, 0) is 14.3 Å². The summed E-state index contributed by atoms with van der Waals surface area (Å²) in [6.07, 6.45) is 0.881. The summed E-state index contributed by atoms with van der Waals surface area (Å²) >= 11 is 0. The van der Waals surface area contributed by atoms with Crippen molar-refractivity contribution in [3.8, 4) is 0 Å². The normalized spacial score (nSPS) is 27.3. The van der Waals surface area contributed by atoms with Crippen molar-refractivity contribution in [2.45, 2.75) is 12.0 Å². The summed E-state index contributed by atoms with van der Waals surface area (Å²) in [5.74, 6) is -1.72. The Labute approximate surface area is 74.6 Å². The van der Waals surface area contributed by atoms with Crippen LogP contribution in [0.4, 0.5) is 0 Å². The van der Waals surface area contributed by atoms with Gasteiger partial charge in [-0.1, -0.05) is 0 Å². The predicted octanol–water partition coefficient (Wildman–Crippen LogP) is -1.22. The van der Waals surface area contributed by atoms with E-state index in [0.29, 0.717) is 5.57 Å². The van der Waals surface area contributed by atoms with Crippen molar-refractivity contribution in [3.63, 3.8) is 0 Å². The largest absolute Gasteiger partial charge is 0.467 e. The van der Waals surface area contributed by atoms with E-state index in [2.05, 4.69) is 4.74 Å². The van der Waals surface area contributed by atoms with Gasteiger partial charge in [0.15, 0.2) is 5.78 Å². The highest BCUT2D eigenvalue weighted by molar-refractivity contribution is 6.14. The summed E-state index contributed by atoms with van der Waals surface area (Å²) in [5, 5.41) is 18.2. The third-order valence-electron chi connectivity index (χ3n) is 1.95. The maximum absolute atomic E-state index is 11.1. The first-order valence-corrected chi connectivity index (χ1v) is 3.70. The number of hydrogen-bond donors (Lipinski definition) is 2. The molecule has 0 amide bonds. The molecule has 0 radical (unpaired) electrons. The van der Waals surface area contributed by atoms with Gasteiger partial charge in [0.2, 0.25) is 5.60 Å². The molecule has 0 saturated carbocycles. The molecule has 1 aliphatic carbocycles. The summed E-state index contributed by atoms with van der Waals surface area (Å²) in [7, 11) is 1.09. The van der Waals surface area contributed by atoms with E-state index in [1.165, 1.54) is 0 Å². The Morgan fingerprint density at radius 3 is 2.77 bits per heavy atom. The molecule has 0 aromatic rings. The number of aliphatic hydroxyl groups excluding tert-OH is 1. The minimum Gasteiger partial charge on any atom is -0.467 e. The van der Waals surface area contributed by atoms with E-state index in [9.17, 15) is 14.7 Å². The van der Waals surface area contributed by atoms with Crippen molar-refractivity contribution < 1.29 is 24.5 Å². The lowest BCUT2D eigenvalue weighted by Crippen LogP contribution is -2.44. The predicted molar refractivity (Wildman–Crippen MR) is 41.8 cm³/mol. The summed E-state index contributed by atoms with van der Waals surface area (Å²) in [4.78, 5) is 22.1. The van der Waals surface area contributed by atoms with Crippen molar-refractivity contribution >= 4 is 11.8 Å². The van der Waals surface area contributed by atoms with Crippen molar-refractivity contribution in [1.29, 1.82) is 0 Å². The van der Waals surface area contributed by atoms with E-state index in [1.807, 2.05) is 0 Å². The van der Waals surface area contributed by atoms with E-state index >= 15 is 0 Å².